The SMILES string of the molecule is Fc1cccc(CSc2nc(Cl)cc(OC3COC(c4ccccc4)OC3)n2)c1F.OC1COC(c2ccccc2)OC1. The van der Waals surface area contributed by atoms with Crippen molar-refractivity contribution in [2.75, 3.05) is 26.4 Å². The maximum atomic E-state index is 13.8. The summed E-state index contributed by atoms with van der Waals surface area (Å²) in [5.41, 5.74) is 2.14. The van der Waals surface area contributed by atoms with Crippen LogP contribution >= 0.6 is 23.4 Å². The Hall–Kier alpha value is -3.16. The molecule has 2 saturated heterocycles. The van der Waals surface area contributed by atoms with Crippen molar-refractivity contribution in [3.8, 4) is 5.88 Å². The van der Waals surface area contributed by atoms with Gasteiger partial charge in [-0.2, -0.15) is 4.98 Å². The van der Waals surface area contributed by atoms with E-state index in [0.29, 0.717) is 31.6 Å². The molecule has 4 aromatic rings. The van der Waals surface area contributed by atoms with Crippen molar-refractivity contribution < 1.29 is 37.6 Å². The molecule has 43 heavy (non-hydrogen) atoms. The van der Waals surface area contributed by atoms with Gasteiger partial charge in [0.05, 0.1) is 26.4 Å². The van der Waals surface area contributed by atoms with Crippen molar-refractivity contribution in [3.05, 3.63) is 118 Å². The second-order valence-electron chi connectivity index (χ2n) is 9.53. The average molecular weight is 631 g/mol. The van der Waals surface area contributed by atoms with Gasteiger partial charge in [-0.1, -0.05) is 96.2 Å². The topological polar surface area (TPSA) is 92.2 Å². The predicted molar refractivity (Wildman–Crippen MR) is 156 cm³/mol. The molecule has 1 aromatic heterocycles. The minimum atomic E-state index is -0.893. The zero-order valence-corrected chi connectivity index (χ0v) is 24.4. The van der Waals surface area contributed by atoms with Gasteiger partial charge in [-0.05, 0) is 6.07 Å². The molecule has 0 amide bonds. The van der Waals surface area contributed by atoms with E-state index in [4.69, 9.17) is 40.4 Å². The van der Waals surface area contributed by atoms with Crippen LogP contribution in [0.3, 0.4) is 0 Å². The van der Waals surface area contributed by atoms with Crippen molar-refractivity contribution in [2.45, 2.75) is 35.7 Å². The first kappa shape index (κ1) is 31.3. The summed E-state index contributed by atoms with van der Waals surface area (Å²) in [6.07, 6.45) is -1.61. The van der Waals surface area contributed by atoms with Crippen LogP contribution in [0.4, 0.5) is 8.78 Å². The number of rotatable bonds is 7. The van der Waals surface area contributed by atoms with E-state index >= 15 is 0 Å². The van der Waals surface area contributed by atoms with E-state index in [1.807, 2.05) is 60.7 Å². The molecule has 0 aliphatic carbocycles. The second kappa shape index (κ2) is 15.5. The van der Waals surface area contributed by atoms with Gasteiger partial charge >= 0.3 is 0 Å². The lowest BCUT2D eigenvalue weighted by atomic mass is 10.2. The molecule has 0 unspecified atom stereocenters. The van der Waals surface area contributed by atoms with Crippen LogP contribution in [0.15, 0.2) is 90.1 Å². The van der Waals surface area contributed by atoms with Crippen LogP contribution < -0.4 is 4.74 Å². The lowest BCUT2D eigenvalue weighted by Crippen LogP contribution is -2.35. The summed E-state index contributed by atoms with van der Waals surface area (Å²) in [6.45, 7) is 1.33. The molecule has 0 atom stereocenters. The fourth-order valence-electron chi connectivity index (χ4n) is 4.13. The first-order valence-corrected chi connectivity index (χ1v) is 14.8. The van der Waals surface area contributed by atoms with Gasteiger partial charge in [0.25, 0.3) is 0 Å². The van der Waals surface area contributed by atoms with Crippen LogP contribution in [0.25, 0.3) is 0 Å². The van der Waals surface area contributed by atoms with Gasteiger partial charge in [-0.25, -0.2) is 13.8 Å². The Kier molecular flexibility index (Phi) is 11.3. The zero-order chi connectivity index (χ0) is 30.0. The first-order valence-electron chi connectivity index (χ1n) is 13.5. The number of hydrogen-bond donors (Lipinski definition) is 1. The molecule has 8 nitrogen and oxygen atoms in total. The van der Waals surface area contributed by atoms with E-state index in [-0.39, 0.29) is 34.7 Å². The molecule has 6 rings (SSSR count). The summed E-state index contributed by atoms with van der Waals surface area (Å²) in [5, 5.41) is 9.60. The fourth-order valence-corrected chi connectivity index (χ4v) is 5.18. The molecule has 2 aliphatic heterocycles. The van der Waals surface area contributed by atoms with E-state index < -0.39 is 24.0 Å². The Morgan fingerprint density at radius 2 is 1.37 bits per heavy atom. The van der Waals surface area contributed by atoms with Crippen LogP contribution in [0.2, 0.25) is 5.15 Å². The molecular formula is C31H29ClF2N2O6S. The molecule has 2 fully saturated rings. The van der Waals surface area contributed by atoms with Crippen molar-refractivity contribution in [3.63, 3.8) is 0 Å². The van der Waals surface area contributed by atoms with Gasteiger partial charge in [-0.3, -0.25) is 0 Å². The van der Waals surface area contributed by atoms with Crippen LogP contribution in [0.5, 0.6) is 5.88 Å². The van der Waals surface area contributed by atoms with E-state index in [1.165, 1.54) is 18.2 Å². The summed E-state index contributed by atoms with van der Waals surface area (Å²) in [7, 11) is 0. The lowest BCUT2D eigenvalue weighted by molar-refractivity contribution is -0.220. The number of ether oxygens (including phenoxy) is 5. The Morgan fingerprint density at radius 1 is 0.791 bits per heavy atom. The third-order valence-electron chi connectivity index (χ3n) is 6.22. The Morgan fingerprint density at radius 3 is 1.98 bits per heavy atom. The quantitative estimate of drug-likeness (QED) is 0.144. The first-order chi connectivity index (χ1) is 20.9. The number of thioether (sulfide) groups is 1. The number of benzene rings is 3. The lowest BCUT2D eigenvalue weighted by Gasteiger charge is -2.29. The summed E-state index contributed by atoms with van der Waals surface area (Å²) in [6, 6.07) is 24.9. The Labute approximate surface area is 256 Å². The maximum Gasteiger partial charge on any atom is 0.219 e. The summed E-state index contributed by atoms with van der Waals surface area (Å²) in [5.74, 6) is -1.37. The molecular weight excluding hydrogens is 602 g/mol. The van der Waals surface area contributed by atoms with E-state index in [1.54, 1.807) is 0 Å². The Balaban J connectivity index is 0.000000235. The molecule has 3 aromatic carbocycles. The van der Waals surface area contributed by atoms with E-state index in [0.717, 1.165) is 29.0 Å². The van der Waals surface area contributed by atoms with Gasteiger partial charge in [-0.15, -0.1) is 0 Å². The molecule has 3 heterocycles. The standard InChI is InChI=1S/C21H17ClF2N2O3S.C10H12O3/c22-17-9-18(26-21(25-17)30-12-14-7-4-8-16(23)19(14)24)29-15-10-27-20(28-11-15)13-5-2-1-3-6-13;11-9-6-12-10(13-7-9)8-4-2-1-3-5-8/h1-9,15,20H,10-12H2;1-5,9-11H,6-7H2. The van der Waals surface area contributed by atoms with Gasteiger partial charge in [0.1, 0.15) is 17.4 Å². The zero-order valence-electron chi connectivity index (χ0n) is 22.9. The maximum absolute atomic E-state index is 13.8. The van der Waals surface area contributed by atoms with Crippen molar-refractivity contribution in [1.29, 1.82) is 0 Å². The average Bonchev–Trinajstić information content (AvgIpc) is 3.03. The summed E-state index contributed by atoms with van der Waals surface area (Å²) in [4.78, 5) is 8.39. The number of aliphatic hydroxyl groups is 1. The molecule has 2 aliphatic rings. The van der Waals surface area contributed by atoms with Crippen LogP contribution in [0, 0.1) is 11.6 Å². The molecule has 1 N–H and O–H groups in total. The fraction of sp³-hybridized carbons (Fsp3) is 0.290. The number of hydrogen-bond acceptors (Lipinski definition) is 9. The van der Waals surface area contributed by atoms with Crippen LogP contribution in [0.1, 0.15) is 29.3 Å². The highest BCUT2D eigenvalue weighted by molar-refractivity contribution is 7.98. The van der Waals surface area contributed by atoms with E-state index in [2.05, 4.69) is 9.97 Å². The van der Waals surface area contributed by atoms with Gasteiger partial charge in [0.15, 0.2) is 29.4 Å². The highest BCUT2D eigenvalue weighted by Crippen LogP contribution is 2.28. The molecule has 0 saturated carbocycles. The van der Waals surface area contributed by atoms with Gasteiger partial charge in [0.2, 0.25) is 5.88 Å². The second-order valence-corrected chi connectivity index (χ2v) is 10.9. The smallest absolute Gasteiger partial charge is 0.219 e. The third kappa shape index (κ3) is 9.16. The number of nitrogens with zero attached hydrogens (tertiary/aromatic N) is 2. The van der Waals surface area contributed by atoms with E-state index in [9.17, 15) is 8.78 Å². The van der Waals surface area contributed by atoms with Crippen LogP contribution in [-0.4, -0.2) is 53.7 Å². The molecule has 0 radical (unpaired) electrons. The molecule has 12 heteroatoms. The number of aromatic nitrogens is 2. The van der Waals surface area contributed by atoms with Gasteiger partial charge in [0, 0.05) is 28.5 Å². The highest BCUT2D eigenvalue weighted by Gasteiger charge is 2.25. The molecule has 0 bridgehead atoms. The monoisotopic (exact) mass is 630 g/mol. The van der Waals surface area contributed by atoms with Crippen molar-refractivity contribution in [1.82, 2.24) is 9.97 Å². The largest absolute Gasteiger partial charge is 0.469 e. The molecule has 226 valence electrons. The normalized spacial score (nSPS) is 21.9. The van der Waals surface area contributed by atoms with Crippen molar-refractivity contribution in [2.24, 2.45) is 0 Å². The van der Waals surface area contributed by atoms with Crippen LogP contribution in [-0.2, 0) is 24.7 Å². The minimum Gasteiger partial charge on any atom is -0.469 e. The predicted octanol–water partition coefficient (Wildman–Crippen LogP) is 6.29. The minimum absolute atomic E-state index is 0.151. The highest BCUT2D eigenvalue weighted by atomic mass is 35.5. The number of halogens is 3. The molecule has 0 spiro atoms. The van der Waals surface area contributed by atoms with Gasteiger partial charge < -0.3 is 28.8 Å². The van der Waals surface area contributed by atoms with Crippen molar-refractivity contribution >= 4 is 23.4 Å². The number of aliphatic hydroxyl groups excluding tert-OH is 1. The Bertz CT molecular complexity index is 1440. The third-order valence-corrected chi connectivity index (χ3v) is 7.31. The summed E-state index contributed by atoms with van der Waals surface area (Å²) >= 11 is 7.20. The summed E-state index contributed by atoms with van der Waals surface area (Å²) < 4.78 is 55.1.